The Labute approximate surface area is 142 Å². The highest BCUT2D eigenvalue weighted by atomic mass is 15.2. The summed E-state index contributed by atoms with van der Waals surface area (Å²) in [5.74, 6) is 0. The number of aryl methyl sites for hydroxylation is 1. The zero-order valence-electron chi connectivity index (χ0n) is 14.1. The van der Waals surface area contributed by atoms with E-state index in [0.29, 0.717) is 0 Å². The van der Waals surface area contributed by atoms with Crippen LogP contribution < -0.4 is 0 Å². The molecular formula is C18H24N6. The number of H-pyrrole nitrogens is 1. The molecule has 1 saturated heterocycles. The van der Waals surface area contributed by atoms with Crippen LogP contribution >= 0.6 is 0 Å². The highest BCUT2D eigenvalue weighted by Gasteiger charge is 2.13. The van der Waals surface area contributed by atoms with Crippen LogP contribution in [0.4, 0.5) is 0 Å². The van der Waals surface area contributed by atoms with Crippen LogP contribution in [0, 0.1) is 0 Å². The van der Waals surface area contributed by atoms with Crippen molar-refractivity contribution in [1.82, 2.24) is 29.5 Å². The quantitative estimate of drug-likeness (QED) is 0.779. The number of likely N-dealkylation sites (N-methyl/N-ethyl adjacent to an activating group) is 1. The number of piperazine rings is 1. The van der Waals surface area contributed by atoms with Crippen LogP contribution in [-0.4, -0.2) is 69.3 Å². The van der Waals surface area contributed by atoms with Gasteiger partial charge in [0.1, 0.15) is 12.7 Å². The van der Waals surface area contributed by atoms with E-state index in [4.69, 9.17) is 0 Å². The summed E-state index contributed by atoms with van der Waals surface area (Å²) in [4.78, 5) is 8.38. The van der Waals surface area contributed by atoms with Crippen molar-refractivity contribution in [2.45, 2.75) is 12.8 Å². The monoisotopic (exact) mass is 324 g/mol. The fourth-order valence-electron chi connectivity index (χ4n) is 3.43. The van der Waals surface area contributed by atoms with Gasteiger partial charge in [-0.05, 0) is 50.2 Å². The minimum atomic E-state index is 1.10. The third kappa shape index (κ3) is 3.20. The fourth-order valence-corrected chi connectivity index (χ4v) is 3.43. The molecule has 0 atom stereocenters. The topological polar surface area (TPSA) is 53.0 Å². The first-order valence-corrected chi connectivity index (χ1v) is 8.65. The Morgan fingerprint density at radius 1 is 1.08 bits per heavy atom. The Bertz CT molecular complexity index is 783. The molecule has 6 heteroatoms. The summed E-state index contributed by atoms with van der Waals surface area (Å²) in [7, 11) is 2.21. The van der Waals surface area contributed by atoms with Crippen molar-refractivity contribution in [3.63, 3.8) is 0 Å². The fraction of sp³-hybridized carbons (Fsp3) is 0.444. The molecule has 24 heavy (non-hydrogen) atoms. The molecule has 0 radical (unpaired) electrons. The van der Waals surface area contributed by atoms with Gasteiger partial charge < -0.3 is 14.8 Å². The summed E-state index contributed by atoms with van der Waals surface area (Å²) in [6, 6.07) is 6.45. The molecule has 0 unspecified atom stereocenters. The second-order valence-electron chi connectivity index (χ2n) is 6.66. The van der Waals surface area contributed by atoms with Crippen molar-refractivity contribution < 1.29 is 0 Å². The minimum absolute atomic E-state index is 1.10. The number of rotatable bonds is 5. The van der Waals surface area contributed by atoms with Crippen molar-refractivity contribution in [3.8, 4) is 5.69 Å². The van der Waals surface area contributed by atoms with Crippen LogP contribution in [0.25, 0.3) is 16.6 Å². The number of fused-ring (bicyclic) bond motifs is 1. The normalized spacial score (nSPS) is 16.9. The molecule has 3 heterocycles. The van der Waals surface area contributed by atoms with Crippen LogP contribution in [0.1, 0.15) is 12.0 Å². The summed E-state index contributed by atoms with van der Waals surface area (Å²) in [6.07, 6.45) is 7.94. The second-order valence-corrected chi connectivity index (χ2v) is 6.66. The molecule has 2 aromatic heterocycles. The van der Waals surface area contributed by atoms with Crippen molar-refractivity contribution in [1.29, 1.82) is 0 Å². The molecule has 0 saturated carbocycles. The Hall–Kier alpha value is -2.18. The van der Waals surface area contributed by atoms with Crippen LogP contribution in [0.5, 0.6) is 0 Å². The summed E-state index contributed by atoms with van der Waals surface area (Å²) in [5.41, 5.74) is 3.70. The van der Waals surface area contributed by atoms with Crippen molar-refractivity contribution in [2.75, 3.05) is 39.8 Å². The van der Waals surface area contributed by atoms with Gasteiger partial charge in [-0.1, -0.05) is 0 Å². The van der Waals surface area contributed by atoms with Crippen molar-refractivity contribution in [2.24, 2.45) is 0 Å². The molecular weight excluding hydrogens is 300 g/mol. The van der Waals surface area contributed by atoms with Crippen LogP contribution in [-0.2, 0) is 6.42 Å². The van der Waals surface area contributed by atoms with Crippen LogP contribution in [0.15, 0.2) is 37.1 Å². The Morgan fingerprint density at radius 2 is 1.88 bits per heavy atom. The Balaban J connectivity index is 1.43. The second kappa shape index (κ2) is 6.75. The van der Waals surface area contributed by atoms with E-state index in [1.54, 1.807) is 12.7 Å². The number of hydrogen-bond acceptors (Lipinski definition) is 4. The van der Waals surface area contributed by atoms with E-state index in [0.717, 1.165) is 12.1 Å². The van der Waals surface area contributed by atoms with E-state index < -0.39 is 0 Å². The highest BCUT2D eigenvalue weighted by molar-refractivity contribution is 5.85. The Morgan fingerprint density at radius 3 is 2.67 bits per heavy atom. The first-order chi connectivity index (χ1) is 11.8. The molecule has 4 rings (SSSR count). The minimum Gasteiger partial charge on any atom is -0.361 e. The molecule has 0 bridgehead atoms. The lowest BCUT2D eigenvalue weighted by molar-refractivity contribution is 0.153. The predicted octanol–water partition coefficient (Wildman–Crippen LogP) is 1.93. The summed E-state index contributed by atoms with van der Waals surface area (Å²) >= 11 is 0. The van der Waals surface area contributed by atoms with E-state index in [1.165, 1.54) is 55.6 Å². The number of aromatic amines is 1. The maximum absolute atomic E-state index is 3.89. The molecule has 0 spiro atoms. The van der Waals surface area contributed by atoms with Crippen LogP contribution in [0.3, 0.4) is 0 Å². The third-order valence-corrected chi connectivity index (χ3v) is 4.98. The summed E-state index contributed by atoms with van der Waals surface area (Å²) in [5, 5.41) is 9.09. The van der Waals surface area contributed by atoms with Gasteiger partial charge in [0.2, 0.25) is 0 Å². The largest absolute Gasteiger partial charge is 0.361 e. The van der Waals surface area contributed by atoms with Crippen molar-refractivity contribution >= 4 is 10.9 Å². The average molecular weight is 324 g/mol. The van der Waals surface area contributed by atoms with Gasteiger partial charge in [-0.2, -0.15) is 0 Å². The Kier molecular flexibility index (Phi) is 4.32. The molecule has 1 aromatic carbocycles. The molecule has 1 N–H and O–H groups in total. The smallest absolute Gasteiger partial charge is 0.123 e. The van der Waals surface area contributed by atoms with Gasteiger partial charge in [0.15, 0.2) is 0 Å². The maximum atomic E-state index is 3.89. The van der Waals surface area contributed by atoms with E-state index in [1.807, 2.05) is 4.57 Å². The number of nitrogens with one attached hydrogen (secondary N) is 1. The standard InChI is InChI=1S/C18H24N6/c1-22-7-9-23(10-8-22)6-2-3-15-12-19-18-5-4-16(11-17(15)18)24-13-20-21-14-24/h4-5,11-14,19H,2-3,6-10H2,1H3. The SMILES string of the molecule is CN1CCN(CCCc2c[nH]c3ccc(-n4cnnc4)cc23)CC1. The van der Waals surface area contributed by atoms with E-state index in [9.17, 15) is 0 Å². The average Bonchev–Trinajstić information content (AvgIpc) is 3.26. The summed E-state index contributed by atoms with van der Waals surface area (Å²) < 4.78 is 1.94. The molecule has 0 amide bonds. The lowest BCUT2D eigenvalue weighted by Gasteiger charge is -2.32. The number of nitrogens with zero attached hydrogens (tertiary/aromatic N) is 5. The lowest BCUT2D eigenvalue weighted by atomic mass is 10.1. The maximum Gasteiger partial charge on any atom is 0.123 e. The molecule has 6 nitrogen and oxygen atoms in total. The lowest BCUT2D eigenvalue weighted by Crippen LogP contribution is -2.44. The number of hydrogen-bond donors (Lipinski definition) is 1. The van der Waals surface area contributed by atoms with E-state index in [-0.39, 0.29) is 0 Å². The van der Waals surface area contributed by atoms with Gasteiger partial charge >= 0.3 is 0 Å². The molecule has 1 aliphatic rings. The zero-order chi connectivity index (χ0) is 16.4. The van der Waals surface area contributed by atoms with Crippen molar-refractivity contribution in [3.05, 3.63) is 42.6 Å². The van der Waals surface area contributed by atoms with Gasteiger partial charge in [-0.15, -0.1) is 10.2 Å². The van der Waals surface area contributed by atoms with Gasteiger partial charge in [0.25, 0.3) is 0 Å². The number of benzene rings is 1. The molecule has 1 aliphatic heterocycles. The first kappa shape index (κ1) is 15.4. The molecule has 0 aliphatic carbocycles. The molecule has 3 aromatic rings. The van der Waals surface area contributed by atoms with Crippen LogP contribution in [0.2, 0.25) is 0 Å². The van der Waals surface area contributed by atoms with Gasteiger partial charge in [-0.25, -0.2) is 0 Å². The predicted molar refractivity (Wildman–Crippen MR) is 95.5 cm³/mol. The first-order valence-electron chi connectivity index (χ1n) is 8.65. The summed E-state index contributed by atoms with van der Waals surface area (Å²) in [6.45, 7) is 5.96. The van der Waals surface area contributed by atoms with Gasteiger partial charge in [0.05, 0.1) is 0 Å². The highest BCUT2D eigenvalue weighted by Crippen LogP contribution is 2.23. The molecule has 1 fully saturated rings. The van der Waals surface area contributed by atoms with Gasteiger partial charge in [0, 0.05) is 49.0 Å². The number of aromatic nitrogens is 4. The van der Waals surface area contributed by atoms with Gasteiger partial charge in [-0.3, -0.25) is 4.57 Å². The van der Waals surface area contributed by atoms with E-state index in [2.05, 4.69) is 56.4 Å². The zero-order valence-corrected chi connectivity index (χ0v) is 14.1. The third-order valence-electron chi connectivity index (χ3n) is 4.98. The molecule has 126 valence electrons. The van der Waals surface area contributed by atoms with E-state index >= 15 is 0 Å².